The highest BCUT2D eigenvalue weighted by atomic mass is 32.2. The van der Waals surface area contributed by atoms with Crippen LogP contribution in [0, 0.1) is 5.92 Å². The third-order valence-electron chi connectivity index (χ3n) is 8.71. The zero-order chi connectivity index (χ0) is 30.8. The molecule has 1 aromatic carbocycles. The van der Waals surface area contributed by atoms with Crippen molar-refractivity contribution in [1.82, 2.24) is 20.4 Å². The van der Waals surface area contributed by atoms with Gasteiger partial charge < -0.3 is 15.4 Å². The molecule has 240 valence electrons. The molecule has 3 aliphatic rings. The van der Waals surface area contributed by atoms with Gasteiger partial charge in [-0.2, -0.15) is 23.5 Å². The minimum absolute atomic E-state index is 0.0906. The van der Waals surface area contributed by atoms with Crippen LogP contribution in [0.2, 0.25) is 0 Å². The molecule has 43 heavy (non-hydrogen) atoms. The van der Waals surface area contributed by atoms with Crippen LogP contribution in [-0.2, 0) is 20.9 Å². The second kappa shape index (κ2) is 16.4. The van der Waals surface area contributed by atoms with E-state index in [9.17, 15) is 14.4 Å². The first-order chi connectivity index (χ1) is 20.6. The number of nitrogens with zero attached hydrogens (tertiary/aromatic N) is 2. The Morgan fingerprint density at radius 1 is 1.02 bits per heavy atom. The van der Waals surface area contributed by atoms with E-state index in [2.05, 4.69) is 39.8 Å². The van der Waals surface area contributed by atoms with Gasteiger partial charge in [0.05, 0.1) is 0 Å². The maximum absolute atomic E-state index is 13.7. The number of hydrogen-bond acceptors (Lipinski definition) is 7. The van der Waals surface area contributed by atoms with E-state index in [1.54, 1.807) is 28.4 Å². The summed E-state index contributed by atoms with van der Waals surface area (Å²) < 4.78 is 5.64. The smallest absolute Gasteiger partial charge is 0.411 e. The van der Waals surface area contributed by atoms with E-state index in [0.29, 0.717) is 24.6 Å². The first kappa shape index (κ1) is 34.0. The first-order valence-electron chi connectivity index (χ1n) is 16.1. The molecule has 1 unspecified atom stereocenters. The van der Waals surface area contributed by atoms with E-state index < -0.39 is 23.8 Å². The maximum atomic E-state index is 13.7. The zero-order valence-electron chi connectivity index (χ0n) is 26.5. The van der Waals surface area contributed by atoms with Crippen LogP contribution in [0.15, 0.2) is 30.3 Å². The second-order valence-electron chi connectivity index (χ2n) is 13.4. The van der Waals surface area contributed by atoms with E-state index in [1.165, 1.54) is 37.7 Å². The highest BCUT2D eigenvalue weighted by Gasteiger charge is 2.42. The van der Waals surface area contributed by atoms with Gasteiger partial charge in [-0.1, -0.05) is 49.6 Å². The molecule has 1 saturated carbocycles. The molecule has 3 fully saturated rings. The predicted molar refractivity (Wildman–Crippen MR) is 177 cm³/mol. The molecule has 2 N–H and O–H groups in total. The second-order valence-corrected chi connectivity index (χ2v) is 15.6. The lowest BCUT2D eigenvalue weighted by Crippen LogP contribution is -2.56. The molecule has 2 saturated heterocycles. The molecule has 10 heteroatoms. The number of benzene rings is 1. The Hall–Kier alpha value is -1.91. The van der Waals surface area contributed by atoms with Gasteiger partial charge in [-0.15, -0.1) is 0 Å². The van der Waals surface area contributed by atoms with Gasteiger partial charge in [0.15, 0.2) is 0 Å². The molecule has 0 bridgehead atoms. The third kappa shape index (κ3) is 10.9. The highest BCUT2D eigenvalue weighted by molar-refractivity contribution is 7.99. The monoisotopic (exact) mass is 632 g/mol. The fourth-order valence-corrected chi connectivity index (χ4v) is 8.23. The zero-order valence-corrected chi connectivity index (χ0v) is 28.1. The van der Waals surface area contributed by atoms with Crippen LogP contribution >= 0.6 is 23.5 Å². The van der Waals surface area contributed by atoms with Crippen molar-refractivity contribution in [1.29, 1.82) is 0 Å². The maximum Gasteiger partial charge on any atom is 0.411 e. The first-order valence-corrected chi connectivity index (χ1v) is 18.5. The van der Waals surface area contributed by atoms with Crippen molar-refractivity contribution in [2.45, 2.75) is 108 Å². The van der Waals surface area contributed by atoms with Crippen molar-refractivity contribution >= 4 is 41.4 Å². The molecule has 0 aromatic heterocycles. The number of ether oxygens (including phenoxy) is 1. The number of likely N-dealkylation sites (tertiary alicyclic amines) is 2. The summed E-state index contributed by atoms with van der Waals surface area (Å²) in [6, 6.07) is 9.29. The number of carbonyl (C=O) groups is 3. The quantitative estimate of drug-likeness (QED) is 0.342. The fourth-order valence-electron chi connectivity index (χ4n) is 6.28. The van der Waals surface area contributed by atoms with E-state index in [0.717, 1.165) is 38.2 Å². The van der Waals surface area contributed by atoms with Crippen LogP contribution in [0.4, 0.5) is 4.79 Å². The Morgan fingerprint density at radius 3 is 2.37 bits per heavy atom. The van der Waals surface area contributed by atoms with Gasteiger partial charge in [0.25, 0.3) is 0 Å². The minimum Gasteiger partial charge on any atom is -0.444 e. The standard InChI is InChI=1S/C33H52N4O4S2/c1-33(2,3)41-32(40)37-21-27(42-4)19-29(37)31(39)35-28(23-43-22-25-13-9-6-10-14-25)30(38)34-26-15-17-36(18-16-26)20-24-11-7-5-8-12-24/h5,7-8,11-12,25-29H,6,9-10,13-23H2,1-4H3,(H,34,38)(H,35,39)/t27?,28-,29-/m0/s1. The highest BCUT2D eigenvalue weighted by Crippen LogP contribution is 2.29. The molecule has 0 spiro atoms. The van der Waals surface area contributed by atoms with Crippen LogP contribution in [0.3, 0.4) is 0 Å². The summed E-state index contributed by atoms with van der Waals surface area (Å²) in [5, 5.41) is 6.50. The summed E-state index contributed by atoms with van der Waals surface area (Å²) in [6.45, 7) is 8.73. The Labute approximate surface area is 267 Å². The molecule has 4 rings (SSSR count). The van der Waals surface area contributed by atoms with Crippen molar-refractivity contribution in [2.75, 3.05) is 37.4 Å². The average Bonchev–Trinajstić information content (AvgIpc) is 3.43. The number of carbonyl (C=O) groups excluding carboxylic acids is 3. The van der Waals surface area contributed by atoms with Gasteiger partial charge in [-0.05, 0) is 76.4 Å². The van der Waals surface area contributed by atoms with Gasteiger partial charge in [0, 0.05) is 43.2 Å². The van der Waals surface area contributed by atoms with Crippen LogP contribution in [0.5, 0.6) is 0 Å². The Bertz CT molecular complexity index is 1040. The molecule has 1 aromatic rings. The molecular weight excluding hydrogens is 581 g/mol. The number of rotatable bonds is 11. The van der Waals surface area contributed by atoms with Gasteiger partial charge in [0.1, 0.15) is 17.7 Å². The SMILES string of the molecule is CSC1C[C@@H](C(=O)N[C@@H](CSCC2CCCCC2)C(=O)NC2CCN(Cc3ccccc3)CC2)N(C(=O)OC(C)(C)C)C1. The minimum atomic E-state index is -0.648. The molecule has 3 atom stereocenters. The largest absolute Gasteiger partial charge is 0.444 e. The molecule has 8 nitrogen and oxygen atoms in total. The predicted octanol–water partition coefficient (Wildman–Crippen LogP) is 5.31. The van der Waals surface area contributed by atoms with Crippen LogP contribution < -0.4 is 10.6 Å². The van der Waals surface area contributed by atoms with Crippen LogP contribution in [0.25, 0.3) is 0 Å². The number of nitrogens with one attached hydrogen (secondary N) is 2. The Morgan fingerprint density at radius 2 is 1.72 bits per heavy atom. The molecule has 2 aliphatic heterocycles. The topological polar surface area (TPSA) is 91.0 Å². The molecule has 2 heterocycles. The normalized spacial score (nSPS) is 23.1. The van der Waals surface area contributed by atoms with Crippen LogP contribution in [-0.4, -0.2) is 94.1 Å². The lowest BCUT2D eigenvalue weighted by Gasteiger charge is -2.33. The van der Waals surface area contributed by atoms with Crippen molar-refractivity contribution in [3.8, 4) is 0 Å². The van der Waals surface area contributed by atoms with Gasteiger partial charge in [0.2, 0.25) is 11.8 Å². The van der Waals surface area contributed by atoms with E-state index >= 15 is 0 Å². The van der Waals surface area contributed by atoms with Gasteiger partial charge in [-0.25, -0.2) is 4.79 Å². The molecule has 0 radical (unpaired) electrons. The number of hydrogen-bond donors (Lipinski definition) is 2. The number of amides is 3. The van der Waals surface area contributed by atoms with E-state index in [1.807, 2.05) is 33.1 Å². The van der Waals surface area contributed by atoms with Crippen molar-refractivity contribution < 1.29 is 19.1 Å². The summed E-state index contributed by atoms with van der Waals surface area (Å²) in [6.07, 6.45) is 10.2. The van der Waals surface area contributed by atoms with E-state index in [-0.39, 0.29) is 23.1 Å². The average molecular weight is 633 g/mol. The van der Waals surface area contributed by atoms with E-state index in [4.69, 9.17) is 4.74 Å². The summed E-state index contributed by atoms with van der Waals surface area (Å²) in [5.74, 6) is 1.85. The number of piperidine rings is 1. The van der Waals surface area contributed by atoms with Gasteiger partial charge >= 0.3 is 6.09 Å². The summed E-state index contributed by atoms with van der Waals surface area (Å²) >= 11 is 3.43. The Balaban J connectivity index is 1.36. The van der Waals surface area contributed by atoms with Crippen molar-refractivity contribution in [3.05, 3.63) is 35.9 Å². The molecular formula is C33H52N4O4S2. The third-order valence-corrected chi connectivity index (χ3v) is 11.0. The van der Waals surface area contributed by atoms with Crippen molar-refractivity contribution in [3.63, 3.8) is 0 Å². The summed E-state index contributed by atoms with van der Waals surface area (Å²) in [4.78, 5) is 44.4. The van der Waals surface area contributed by atoms with Crippen LogP contribution in [0.1, 0.15) is 77.7 Å². The summed E-state index contributed by atoms with van der Waals surface area (Å²) in [5.41, 5.74) is 0.656. The van der Waals surface area contributed by atoms with Gasteiger partial charge in [-0.3, -0.25) is 19.4 Å². The molecule has 1 aliphatic carbocycles. The number of thioether (sulfide) groups is 2. The Kier molecular flexibility index (Phi) is 13.0. The fraction of sp³-hybridized carbons (Fsp3) is 0.727. The summed E-state index contributed by atoms with van der Waals surface area (Å²) in [7, 11) is 0. The lowest BCUT2D eigenvalue weighted by atomic mass is 9.91. The lowest BCUT2D eigenvalue weighted by molar-refractivity contribution is -0.131. The molecule has 3 amide bonds. The van der Waals surface area contributed by atoms with Crippen molar-refractivity contribution in [2.24, 2.45) is 5.92 Å².